The first kappa shape index (κ1) is 11.5. The molecule has 0 aliphatic heterocycles. The summed E-state index contributed by atoms with van der Waals surface area (Å²) in [6, 6.07) is 22.8. The molecule has 0 fully saturated rings. The molecule has 3 rings (SSSR count). The molecule has 19 heavy (non-hydrogen) atoms. The third-order valence-electron chi connectivity index (χ3n) is 2.95. The fraction of sp³-hybridized carbons (Fsp3) is 0. The van der Waals surface area contributed by atoms with Crippen molar-refractivity contribution in [1.82, 2.24) is 0 Å². The number of benzene rings is 2. The predicted molar refractivity (Wildman–Crippen MR) is 75.9 cm³/mol. The van der Waals surface area contributed by atoms with E-state index in [1.54, 1.807) is 0 Å². The molecule has 0 radical (unpaired) electrons. The lowest BCUT2D eigenvalue weighted by Gasteiger charge is -2.07. The second-order valence-corrected chi connectivity index (χ2v) is 4.23. The van der Waals surface area contributed by atoms with Crippen LogP contribution in [0.2, 0.25) is 0 Å². The van der Waals surface area contributed by atoms with Gasteiger partial charge in [-0.1, -0.05) is 60.7 Å². The van der Waals surface area contributed by atoms with Gasteiger partial charge in [0.1, 0.15) is 5.76 Å². The average Bonchev–Trinajstić information content (AvgIpc) is 2.49. The largest absolute Gasteiger partial charge is 0.422 e. The van der Waals surface area contributed by atoms with Crippen molar-refractivity contribution >= 4 is 0 Å². The lowest BCUT2D eigenvalue weighted by Crippen LogP contribution is -1.98. The predicted octanol–water partition coefficient (Wildman–Crippen LogP) is 3.97. The van der Waals surface area contributed by atoms with E-state index in [1.165, 1.54) is 6.07 Å². The first-order valence-electron chi connectivity index (χ1n) is 6.09. The Labute approximate surface area is 111 Å². The van der Waals surface area contributed by atoms with Crippen molar-refractivity contribution in [3.05, 3.63) is 83.2 Å². The van der Waals surface area contributed by atoms with E-state index in [0.29, 0.717) is 5.76 Å². The van der Waals surface area contributed by atoms with Gasteiger partial charge in [-0.3, -0.25) is 0 Å². The van der Waals surface area contributed by atoms with Gasteiger partial charge in [0.15, 0.2) is 0 Å². The van der Waals surface area contributed by atoms with Gasteiger partial charge in [0.2, 0.25) is 0 Å². The molecule has 1 heterocycles. The minimum Gasteiger partial charge on any atom is -0.422 e. The molecule has 2 nitrogen and oxygen atoms in total. The lowest BCUT2D eigenvalue weighted by molar-refractivity contribution is 0.527. The summed E-state index contributed by atoms with van der Waals surface area (Å²) in [6.07, 6.45) is 0. The van der Waals surface area contributed by atoms with Crippen LogP contribution in [0, 0.1) is 0 Å². The van der Waals surface area contributed by atoms with E-state index in [1.807, 2.05) is 66.7 Å². The van der Waals surface area contributed by atoms with Gasteiger partial charge in [-0.05, 0) is 11.6 Å². The van der Waals surface area contributed by atoms with Crippen molar-refractivity contribution in [2.24, 2.45) is 0 Å². The van der Waals surface area contributed by atoms with Gasteiger partial charge in [0.05, 0.1) is 0 Å². The quantitative estimate of drug-likeness (QED) is 0.686. The molecule has 92 valence electrons. The van der Waals surface area contributed by atoms with Crippen molar-refractivity contribution < 1.29 is 4.42 Å². The fourth-order valence-corrected chi connectivity index (χ4v) is 2.07. The van der Waals surface area contributed by atoms with Gasteiger partial charge >= 0.3 is 5.63 Å². The number of hydrogen-bond acceptors (Lipinski definition) is 2. The molecule has 0 N–H and O–H groups in total. The van der Waals surface area contributed by atoms with Gasteiger partial charge in [-0.2, -0.15) is 0 Å². The molecule has 3 aromatic rings. The van der Waals surface area contributed by atoms with Gasteiger partial charge in [0, 0.05) is 17.2 Å². The van der Waals surface area contributed by atoms with Crippen LogP contribution in [0.1, 0.15) is 0 Å². The topological polar surface area (TPSA) is 30.2 Å². The third kappa shape index (κ3) is 2.33. The minimum absolute atomic E-state index is 0.335. The van der Waals surface area contributed by atoms with Crippen LogP contribution in [0.3, 0.4) is 0 Å². The van der Waals surface area contributed by atoms with Crippen LogP contribution in [0.4, 0.5) is 0 Å². The van der Waals surface area contributed by atoms with E-state index in [4.69, 9.17) is 4.42 Å². The summed E-state index contributed by atoms with van der Waals surface area (Å²) >= 11 is 0. The van der Waals surface area contributed by atoms with E-state index in [0.717, 1.165) is 16.7 Å². The molecule has 1 aromatic heterocycles. The Morgan fingerprint density at radius 1 is 0.632 bits per heavy atom. The highest BCUT2D eigenvalue weighted by atomic mass is 16.4. The Morgan fingerprint density at radius 2 is 1.21 bits per heavy atom. The number of hydrogen-bond donors (Lipinski definition) is 0. The van der Waals surface area contributed by atoms with Crippen LogP contribution in [0.15, 0.2) is 82.0 Å². The second-order valence-electron chi connectivity index (χ2n) is 4.23. The molecule has 0 saturated heterocycles. The van der Waals surface area contributed by atoms with Crippen LogP contribution in [0.25, 0.3) is 22.5 Å². The van der Waals surface area contributed by atoms with Crippen molar-refractivity contribution in [2.45, 2.75) is 0 Å². The molecule has 0 bridgehead atoms. The molecule has 0 atom stereocenters. The van der Waals surface area contributed by atoms with Crippen LogP contribution >= 0.6 is 0 Å². The fourth-order valence-electron chi connectivity index (χ4n) is 2.07. The zero-order valence-corrected chi connectivity index (χ0v) is 10.2. The van der Waals surface area contributed by atoms with Crippen LogP contribution < -0.4 is 5.63 Å². The summed E-state index contributed by atoms with van der Waals surface area (Å²) in [7, 11) is 0. The Bertz CT molecular complexity index is 728. The molecule has 2 heteroatoms. The Balaban J connectivity index is 2.24. The highest BCUT2D eigenvalue weighted by Gasteiger charge is 2.10. The zero-order chi connectivity index (χ0) is 13.1. The molecular formula is C17H12O2. The Hall–Kier alpha value is -2.61. The van der Waals surface area contributed by atoms with Crippen molar-refractivity contribution in [3.63, 3.8) is 0 Å². The normalized spacial score (nSPS) is 10.3. The van der Waals surface area contributed by atoms with E-state index in [9.17, 15) is 4.79 Å². The first-order valence-corrected chi connectivity index (χ1v) is 6.09. The van der Waals surface area contributed by atoms with E-state index in [-0.39, 0.29) is 5.63 Å². The van der Waals surface area contributed by atoms with E-state index < -0.39 is 0 Å². The summed E-state index contributed by atoms with van der Waals surface area (Å²) in [5.41, 5.74) is 2.52. The molecule has 0 spiro atoms. The summed E-state index contributed by atoms with van der Waals surface area (Å²) in [5.74, 6) is 0.610. The SMILES string of the molecule is O=c1ccc(-c2ccccc2)c(-c2ccccc2)o1. The highest BCUT2D eigenvalue weighted by Crippen LogP contribution is 2.30. The van der Waals surface area contributed by atoms with Crippen LogP contribution in [-0.4, -0.2) is 0 Å². The molecule has 0 aliphatic rings. The summed E-state index contributed by atoms with van der Waals surface area (Å²) in [5, 5.41) is 0. The molecular weight excluding hydrogens is 236 g/mol. The lowest BCUT2D eigenvalue weighted by atomic mass is 10.0. The maximum Gasteiger partial charge on any atom is 0.336 e. The van der Waals surface area contributed by atoms with Crippen molar-refractivity contribution in [3.8, 4) is 22.5 Å². The second kappa shape index (κ2) is 4.94. The monoisotopic (exact) mass is 248 g/mol. The van der Waals surface area contributed by atoms with Crippen LogP contribution in [0.5, 0.6) is 0 Å². The maximum absolute atomic E-state index is 11.5. The van der Waals surface area contributed by atoms with Gasteiger partial charge in [-0.25, -0.2) is 4.79 Å². The van der Waals surface area contributed by atoms with Crippen molar-refractivity contribution in [1.29, 1.82) is 0 Å². The van der Waals surface area contributed by atoms with Gasteiger partial charge < -0.3 is 4.42 Å². The maximum atomic E-state index is 11.5. The van der Waals surface area contributed by atoms with E-state index >= 15 is 0 Å². The zero-order valence-electron chi connectivity index (χ0n) is 10.2. The molecule has 0 aliphatic carbocycles. The summed E-state index contributed by atoms with van der Waals surface area (Å²) < 4.78 is 5.39. The highest BCUT2D eigenvalue weighted by molar-refractivity contribution is 5.79. The molecule has 2 aromatic carbocycles. The van der Waals surface area contributed by atoms with E-state index in [2.05, 4.69) is 0 Å². The average molecular weight is 248 g/mol. The third-order valence-corrected chi connectivity index (χ3v) is 2.95. The smallest absolute Gasteiger partial charge is 0.336 e. The van der Waals surface area contributed by atoms with Gasteiger partial charge in [-0.15, -0.1) is 0 Å². The first-order chi connectivity index (χ1) is 9.34. The standard InChI is InChI=1S/C17H12O2/c18-16-12-11-15(13-7-3-1-4-8-13)17(19-16)14-9-5-2-6-10-14/h1-12H. The van der Waals surface area contributed by atoms with Crippen molar-refractivity contribution in [2.75, 3.05) is 0 Å². The molecule has 0 amide bonds. The van der Waals surface area contributed by atoms with Crippen LogP contribution in [-0.2, 0) is 0 Å². The van der Waals surface area contributed by atoms with Gasteiger partial charge in [0.25, 0.3) is 0 Å². The summed E-state index contributed by atoms with van der Waals surface area (Å²) in [6.45, 7) is 0. The molecule has 0 saturated carbocycles. The molecule has 0 unspecified atom stereocenters. The Kier molecular flexibility index (Phi) is 2.99. The Morgan fingerprint density at radius 3 is 1.84 bits per heavy atom. The summed E-state index contributed by atoms with van der Waals surface area (Å²) in [4.78, 5) is 11.5. The number of rotatable bonds is 2. The minimum atomic E-state index is -0.335.